The first-order valence-corrected chi connectivity index (χ1v) is 10.7. The van der Waals surface area contributed by atoms with Crippen LogP contribution < -0.4 is 5.73 Å². The summed E-state index contributed by atoms with van der Waals surface area (Å²) >= 11 is 1.53. The molecule has 0 aromatic heterocycles. The molecule has 3 atom stereocenters. The average Bonchev–Trinajstić information content (AvgIpc) is 2.62. The van der Waals surface area contributed by atoms with Gasteiger partial charge >= 0.3 is 5.97 Å². The number of hydrogen-bond acceptors (Lipinski definition) is 7. The first-order chi connectivity index (χ1) is 13.6. The van der Waals surface area contributed by atoms with Crippen molar-refractivity contribution in [1.29, 1.82) is 0 Å². The van der Waals surface area contributed by atoms with E-state index in [1.807, 2.05) is 20.8 Å². The molecule has 160 valence electrons. The molecule has 29 heavy (non-hydrogen) atoms. The van der Waals surface area contributed by atoms with Gasteiger partial charge in [-0.05, 0) is 45.4 Å². The molecule has 0 spiro atoms. The van der Waals surface area contributed by atoms with Gasteiger partial charge in [-0.3, -0.25) is 9.79 Å². The number of esters is 1. The summed E-state index contributed by atoms with van der Waals surface area (Å²) in [5.74, 6) is 0.0316. The van der Waals surface area contributed by atoms with Gasteiger partial charge in [0, 0.05) is 30.0 Å². The molecule has 2 aliphatic rings. The number of nitrogens with zero attached hydrogens (tertiary/aromatic N) is 1. The summed E-state index contributed by atoms with van der Waals surface area (Å²) < 4.78 is 31.6. The van der Waals surface area contributed by atoms with Crippen LogP contribution in [0.3, 0.4) is 0 Å². The number of ether oxygens (including phenoxy) is 3. The number of benzene rings is 1. The highest BCUT2D eigenvalue weighted by atomic mass is 32.2. The molecule has 0 aliphatic carbocycles. The van der Waals surface area contributed by atoms with Crippen LogP contribution in [0, 0.1) is 11.7 Å². The molecular formula is C21H29FN2O4S. The minimum Gasteiger partial charge on any atom is -0.460 e. The summed E-state index contributed by atoms with van der Waals surface area (Å²) in [7, 11) is 1.63. The zero-order valence-electron chi connectivity index (χ0n) is 17.4. The number of aliphatic imine (C=N–C) groups is 1. The van der Waals surface area contributed by atoms with Crippen molar-refractivity contribution < 1.29 is 23.4 Å². The van der Waals surface area contributed by atoms with Crippen LogP contribution in [0.2, 0.25) is 0 Å². The van der Waals surface area contributed by atoms with E-state index in [2.05, 4.69) is 0 Å². The van der Waals surface area contributed by atoms with Crippen LogP contribution >= 0.6 is 11.8 Å². The lowest BCUT2D eigenvalue weighted by Gasteiger charge is -2.46. The van der Waals surface area contributed by atoms with Crippen molar-refractivity contribution in [3.63, 3.8) is 0 Å². The van der Waals surface area contributed by atoms with Gasteiger partial charge in [-0.25, -0.2) is 4.39 Å². The Balaban J connectivity index is 1.95. The van der Waals surface area contributed by atoms with Crippen molar-refractivity contribution in [2.75, 3.05) is 31.8 Å². The molecule has 0 bridgehead atoms. The SMILES string of the molecule is COC[C@H]1C[C@H]2CSC(CC(=O)OC(C)(C)C)=N[C@@]2(c2cc(N)ccc2F)CO1. The van der Waals surface area contributed by atoms with E-state index >= 15 is 0 Å². The van der Waals surface area contributed by atoms with Crippen LogP contribution in [-0.2, 0) is 24.5 Å². The largest absolute Gasteiger partial charge is 0.460 e. The smallest absolute Gasteiger partial charge is 0.312 e. The number of rotatable bonds is 5. The van der Waals surface area contributed by atoms with E-state index < -0.39 is 11.1 Å². The normalized spacial score (nSPS) is 27.1. The van der Waals surface area contributed by atoms with Gasteiger partial charge < -0.3 is 19.9 Å². The van der Waals surface area contributed by atoms with E-state index in [1.54, 1.807) is 13.2 Å². The fourth-order valence-electron chi connectivity index (χ4n) is 3.85. The second-order valence-electron chi connectivity index (χ2n) is 8.56. The maximum Gasteiger partial charge on any atom is 0.312 e. The number of anilines is 1. The van der Waals surface area contributed by atoms with Crippen LogP contribution in [0.4, 0.5) is 10.1 Å². The van der Waals surface area contributed by atoms with E-state index in [-0.39, 0.29) is 36.8 Å². The summed E-state index contributed by atoms with van der Waals surface area (Å²) in [6.45, 7) is 6.16. The zero-order chi connectivity index (χ0) is 21.2. The number of halogens is 1. The Kier molecular flexibility index (Phi) is 6.55. The highest BCUT2D eigenvalue weighted by Crippen LogP contribution is 2.47. The van der Waals surface area contributed by atoms with E-state index in [9.17, 15) is 9.18 Å². The van der Waals surface area contributed by atoms with Crippen molar-refractivity contribution in [3.8, 4) is 0 Å². The zero-order valence-corrected chi connectivity index (χ0v) is 18.2. The molecule has 8 heteroatoms. The molecule has 1 saturated heterocycles. The Morgan fingerprint density at radius 1 is 1.45 bits per heavy atom. The molecule has 1 aromatic carbocycles. The average molecular weight is 425 g/mol. The van der Waals surface area contributed by atoms with Crippen molar-refractivity contribution in [2.24, 2.45) is 10.9 Å². The minimum atomic E-state index is -0.910. The third-order valence-corrected chi connectivity index (χ3v) is 6.20. The fraction of sp³-hybridized carbons (Fsp3) is 0.619. The van der Waals surface area contributed by atoms with E-state index in [1.165, 1.54) is 23.9 Å². The van der Waals surface area contributed by atoms with Crippen LogP contribution in [-0.4, -0.2) is 48.8 Å². The molecule has 3 rings (SSSR count). The lowest BCUT2D eigenvalue weighted by molar-refractivity contribution is -0.153. The molecule has 0 amide bonds. The monoisotopic (exact) mass is 424 g/mol. The molecule has 0 unspecified atom stereocenters. The molecule has 2 heterocycles. The number of nitrogen functional groups attached to an aromatic ring is 1. The molecule has 0 radical (unpaired) electrons. The quantitative estimate of drug-likeness (QED) is 0.575. The lowest BCUT2D eigenvalue weighted by Crippen LogP contribution is -2.50. The maximum atomic E-state index is 14.9. The predicted octanol–water partition coefficient (Wildman–Crippen LogP) is 3.53. The Morgan fingerprint density at radius 2 is 2.21 bits per heavy atom. The molecule has 2 N–H and O–H groups in total. The highest BCUT2D eigenvalue weighted by molar-refractivity contribution is 8.14. The summed E-state index contributed by atoms with van der Waals surface area (Å²) in [6, 6.07) is 4.53. The first-order valence-electron chi connectivity index (χ1n) is 9.72. The summed E-state index contributed by atoms with van der Waals surface area (Å²) in [5.41, 5.74) is 5.36. The van der Waals surface area contributed by atoms with Crippen molar-refractivity contribution in [2.45, 2.75) is 50.9 Å². The van der Waals surface area contributed by atoms with Crippen LogP contribution in [0.5, 0.6) is 0 Å². The van der Waals surface area contributed by atoms with Gasteiger partial charge in [0.25, 0.3) is 0 Å². The maximum absolute atomic E-state index is 14.9. The molecule has 1 fully saturated rings. The molecule has 1 aromatic rings. The number of thioether (sulfide) groups is 1. The summed E-state index contributed by atoms with van der Waals surface area (Å²) in [4.78, 5) is 17.2. The van der Waals surface area contributed by atoms with Gasteiger partial charge in [0.05, 0.1) is 30.8 Å². The number of hydrogen-bond donors (Lipinski definition) is 1. The molecule has 6 nitrogen and oxygen atoms in total. The number of methoxy groups -OCH3 is 1. The third kappa shape index (κ3) is 5.10. The molecular weight excluding hydrogens is 395 g/mol. The predicted molar refractivity (Wildman–Crippen MR) is 113 cm³/mol. The summed E-state index contributed by atoms with van der Waals surface area (Å²) in [6.07, 6.45) is 0.686. The Bertz CT molecular complexity index is 795. The van der Waals surface area contributed by atoms with Gasteiger partial charge in [-0.1, -0.05) is 0 Å². The molecule has 0 saturated carbocycles. The topological polar surface area (TPSA) is 83.1 Å². The Hall–Kier alpha value is -1.64. The second-order valence-corrected chi connectivity index (χ2v) is 9.66. The fourth-order valence-corrected chi connectivity index (χ4v) is 5.10. The minimum absolute atomic E-state index is 0.0417. The van der Waals surface area contributed by atoms with Crippen LogP contribution in [0.1, 0.15) is 39.2 Å². The van der Waals surface area contributed by atoms with Crippen molar-refractivity contribution in [3.05, 3.63) is 29.6 Å². The first kappa shape index (κ1) is 22.1. The third-order valence-electron chi connectivity index (χ3n) is 5.06. The van der Waals surface area contributed by atoms with Crippen LogP contribution in [0.15, 0.2) is 23.2 Å². The van der Waals surface area contributed by atoms with Gasteiger partial charge in [0.1, 0.15) is 17.0 Å². The summed E-state index contributed by atoms with van der Waals surface area (Å²) in [5, 5.41) is 0.631. The van der Waals surface area contributed by atoms with Gasteiger partial charge in [-0.2, -0.15) is 0 Å². The van der Waals surface area contributed by atoms with Crippen LogP contribution in [0.25, 0.3) is 0 Å². The number of nitrogens with two attached hydrogens (primary N) is 1. The van der Waals surface area contributed by atoms with Crippen molar-refractivity contribution >= 4 is 28.5 Å². The van der Waals surface area contributed by atoms with Crippen molar-refractivity contribution in [1.82, 2.24) is 0 Å². The lowest BCUT2D eigenvalue weighted by atomic mass is 9.75. The number of carbonyl (C=O) groups excluding carboxylic acids is 1. The van der Waals surface area contributed by atoms with Gasteiger partial charge in [0.2, 0.25) is 0 Å². The Labute approximate surface area is 175 Å². The number of carbonyl (C=O) groups is 1. The van der Waals surface area contributed by atoms with Gasteiger partial charge in [-0.15, -0.1) is 11.8 Å². The highest BCUT2D eigenvalue weighted by Gasteiger charge is 2.49. The van der Waals surface area contributed by atoms with E-state index in [0.29, 0.717) is 35.1 Å². The Morgan fingerprint density at radius 3 is 2.90 bits per heavy atom. The van der Waals surface area contributed by atoms with E-state index in [0.717, 1.165) is 0 Å². The van der Waals surface area contributed by atoms with Gasteiger partial charge in [0.15, 0.2) is 0 Å². The number of fused-ring (bicyclic) bond motifs is 1. The molecule has 2 aliphatic heterocycles. The van der Waals surface area contributed by atoms with E-state index in [4.69, 9.17) is 24.9 Å². The standard InChI is InChI=1S/C21H29FN2O4S/c1-20(2,3)28-19(25)9-18-24-21(16-8-14(23)5-6-17(16)22)12-27-15(10-26-4)7-13(21)11-29-18/h5-6,8,13,15H,7,9-12,23H2,1-4H3/t13-,15+,21-/m0/s1. The second kappa shape index (κ2) is 8.62.